The van der Waals surface area contributed by atoms with Gasteiger partial charge in [-0.1, -0.05) is 6.92 Å². The van der Waals surface area contributed by atoms with Gasteiger partial charge in [-0.05, 0) is 18.2 Å². The number of imidazole rings is 3. The molecule has 0 aliphatic carbocycles. The number of aromatic nitrogens is 18. The molecule has 0 atom stereocenters. The molecule has 9 aromatic rings. The maximum atomic E-state index is 14.3. The van der Waals surface area contributed by atoms with Crippen molar-refractivity contribution in [3.8, 4) is 0 Å². The molecule has 123 heavy (non-hydrogen) atoms. The number of H-pyrrole nitrogens is 3. The molecule has 57 heteroatoms. The molecule has 9 aromatic heterocycles. The molecule has 9 heterocycles. The van der Waals surface area contributed by atoms with E-state index in [4.69, 9.17) is 34.4 Å². The predicted octanol–water partition coefficient (Wildman–Crippen LogP) is -12.9. The molecule has 0 spiro atoms. The molecule has 0 aliphatic heterocycles. The van der Waals surface area contributed by atoms with Gasteiger partial charge in [0.1, 0.15) is 76.4 Å². The van der Waals surface area contributed by atoms with Crippen molar-refractivity contribution in [2.24, 2.45) is 0 Å². The number of nitrogens with one attached hydrogen (secondary N) is 10. The molecule has 0 saturated heterocycles. The lowest BCUT2D eigenvalue weighted by molar-refractivity contribution is -0.139. The minimum atomic E-state index is -0.926. The van der Waals surface area contributed by atoms with E-state index in [1.54, 1.807) is 6.92 Å². The quantitative estimate of drug-likeness (QED) is 0.0125. The molecular formula is C66H85N37O19S. The van der Waals surface area contributed by atoms with Crippen LogP contribution in [0, 0.1) is 0 Å². The van der Waals surface area contributed by atoms with E-state index >= 15 is 0 Å². The van der Waals surface area contributed by atoms with Crippen molar-refractivity contribution in [1.29, 1.82) is 0 Å². The number of nitrogen functional groups attached to an aromatic ring is 6. The largest absolute Gasteiger partial charge is 0.383 e. The van der Waals surface area contributed by atoms with E-state index < -0.39 is 222 Å². The number of Topliss-reactive ketones (excluding diaryl/α,β-unsaturated/α-hetero) is 1. The molecule has 0 saturated carbocycles. The molecule has 654 valence electrons. The number of hydrogen-bond acceptors (Lipinski definition) is 36. The molecule has 9 rings (SSSR count). The number of nitrogens with zero attached hydrogens (tertiary/aromatic N) is 21. The van der Waals surface area contributed by atoms with Crippen LogP contribution in [-0.2, 0) is 102 Å². The van der Waals surface area contributed by atoms with Crippen LogP contribution in [0.5, 0.6) is 0 Å². The minimum absolute atomic E-state index is 0.0478. The fourth-order valence-corrected chi connectivity index (χ4v) is 11.9. The second kappa shape index (κ2) is 42.5. The number of amides is 12. The molecule has 0 unspecified atom stereocenters. The number of aromatic amines is 3. The molecule has 0 bridgehead atoms. The number of ketones is 1. The van der Waals surface area contributed by atoms with Crippen LogP contribution in [0.1, 0.15) is 13.3 Å². The summed E-state index contributed by atoms with van der Waals surface area (Å²) in [7, 11) is 1.29. The Kier molecular flexibility index (Phi) is 31.4. The number of rotatable bonds is 44. The van der Waals surface area contributed by atoms with Gasteiger partial charge in [0.15, 0.2) is 39.3 Å². The summed E-state index contributed by atoms with van der Waals surface area (Å²) in [5, 5.41) is 12.6. The van der Waals surface area contributed by atoms with E-state index in [1.165, 1.54) is 48.4 Å². The van der Waals surface area contributed by atoms with Gasteiger partial charge in [-0.25, -0.2) is 34.1 Å². The Morgan fingerprint density at radius 1 is 0.366 bits per heavy atom. The second-order valence-corrected chi connectivity index (χ2v) is 27.3. The van der Waals surface area contributed by atoms with Gasteiger partial charge in [0, 0.05) is 110 Å². The van der Waals surface area contributed by atoms with Gasteiger partial charge in [0.2, 0.25) is 88.7 Å². The summed E-state index contributed by atoms with van der Waals surface area (Å²) in [5.41, 5.74) is 28.5. The Labute approximate surface area is 693 Å². The molecule has 22 N–H and O–H groups in total. The van der Waals surface area contributed by atoms with E-state index in [1.807, 2.05) is 0 Å². The smallest absolute Gasteiger partial charge is 0.349 e. The maximum absolute atomic E-state index is 14.3. The zero-order valence-electron chi connectivity index (χ0n) is 65.7. The highest BCUT2D eigenvalue weighted by Gasteiger charge is 2.29. The van der Waals surface area contributed by atoms with Gasteiger partial charge in [0.05, 0.1) is 45.2 Å². The van der Waals surface area contributed by atoms with E-state index in [2.05, 4.69) is 95.8 Å². The Hall–Kier alpha value is -15.9. The third kappa shape index (κ3) is 26.1. The summed E-state index contributed by atoms with van der Waals surface area (Å²) >= 11 is 0.552. The first-order chi connectivity index (χ1) is 58.6. The van der Waals surface area contributed by atoms with Crippen LogP contribution in [0.3, 0.4) is 0 Å². The van der Waals surface area contributed by atoms with Crippen LogP contribution < -0.4 is 104 Å². The molecule has 56 nitrogen and oxygen atoms in total. The number of fused-ring (bicyclic) bond motifs is 3. The fraction of sp³-hybridized carbons (Fsp3) is 0.394. The monoisotopic (exact) mass is 1730 g/mol. The highest BCUT2D eigenvalue weighted by molar-refractivity contribution is 7.96. The van der Waals surface area contributed by atoms with Crippen molar-refractivity contribution in [3.63, 3.8) is 0 Å². The van der Waals surface area contributed by atoms with Crippen molar-refractivity contribution in [1.82, 2.24) is 153 Å². The first-order valence-corrected chi connectivity index (χ1v) is 37.7. The van der Waals surface area contributed by atoms with Crippen molar-refractivity contribution >= 4 is 158 Å². The summed E-state index contributed by atoms with van der Waals surface area (Å²) in [5.74, 6) is -11.4. The zero-order chi connectivity index (χ0) is 89.3. The van der Waals surface area contributed by atoms with Crippen molar-refractivity contribution in [3.05, 3.63) is 118 Å². The number of anilines is 6. The van der Waals surface area contributed by atoms with Gasteiger partial charge in [0.25, 0.3) is 16.7 Å². The lowest BCUT2D eigenvalue weighted by atomic mass is 10.2. The number of hydrogen-bond donors (Lipinski definition) is 16. The Morgan fingerprint density at radius 3 is 0.951 bits per heavy atom. The summed E-state index contributed by atoms with van der Waals surface area (Å²) < 4.78 is 11.5. The average molecular weight is 1730 g/mol. The standard InChI is InChI=1S/C66H85N37O19S/c1-3-36(104)20-92(46(111)27-97-12-4-37(67)82-64(97)120)15-7-74-41(106)22-93(47(112)28-98-13-5-38(68)83-65(98)121)16-8-75-43(108)24-96(48(113)29-99-14-6-39(69)84-66(99)122)19-11-81-123-91-45(110)26-95(50(115)31-102-34-79-53-56(102)86-62(71)89-59(53)118)18-10-76-42(107)23-94(49(114)30-101-33-78-52-55(101)85-61(70)88-58(52)117)17-9-77-44(109)25-100(21-40(105)73-2)51(116)32-103-35-80-54-57(103)87-63(72)90-60(54)119/h4-6,12-14,33-35,81H,3,7-11,15-32H2,1-2H3,(H,73,105)(H,74,106)(H,75,108)(H,76,107)(H,77,109)(H,91,110)(H2,67,82,120)(H2,68,83,121)(H2,69,84,122)(H3,70,85,88,117)(H3,71,86,89,118)(H3,72,87,90,119). The zero-order valence-corrected chi connectivity index (χ0v) is 66.5. The summed E-state index contributed by atoms with van der Waals surface area (Å²) in [6.45, 7) is -10.4. The van der Waals surface area contributed by atoms with Crippen LogP contribution in [0.4, 0.5) is 35.3 Å². The molecule has 0 aromatic carbocycles. The third-order valence-electron chi connectivity index (χ3n) is 17.7. The van der Waals surface area contributed by atoms with Crippen molar-refractivity contribution in [2.75, 3.05) is 153 Å². The maximum Gasteiger partial charge on any atom is 0.349 e. The summed E-state index contributed by atoms with van der Waals surface area (Å²) in [6, 6.07) is 3.77. The topological polar surface area (TPSA) is 777 Å². The normalized spacial score (nSPS) is 11.0. The first-order valence-electron chi connectivity index (χ1n) is 36.9. The second-order valence-electron chi connectivity index (χ2n) is 26.6. The Bertz CT molecular complexity index is 5890. The fourth-order valence-electron chi connectivity index (χ4n) is 11.5. The van der Waals surface area contributed by atoms with Gasteiger partial charge in [-0.3, -0.25) is 110 Å². The van der Waals surface area contributed by atoms with E-state index in [0.717, 1.165) is 71.2 Å². The number of carbonyl (C=O) groups is 13. The van der Waals surface area contributed by atoms with Crippen LogP contribution >= 0.6 is 12.1 Å². The van der Waals surface area contributed by atoms with Gasteiger partial charge in [-0.2, -0.15) is 29.9 Å². The van der Waals surface area contributed by atoms with Gasteiger partial charge < -0.3 is 104 Å². The molecule has 0 aliphatic rings. The van der Waals surface area contributed by atoms with Crippen LogP contribution in [0.15, 0.2) is 84.5 Å². The van der Waals surface area contributed by atoms with Gasteiger partial charge >= 0.3 is 17.1 Å². The lowest BCUT2D eigenvalue weighted by Gasteiger charge is -2.25. The predicted molar refractivity (Wildman–Crippen MR) is 431 cm³/mol. The first kappa shape index (κ1) is 91.0. The highest BCUT2D eigenvalue weighted by Crippen LogP contribution is 2.12. The van der Waals surface area contributed by atoms with Gasteiger partial charge in [-0.15, -0.1) is 0 Å². The number of nitrogens with two attached hydrogens (primary N) is 6. The van der Waals surface area contributed by atoms with Crippen LogP contribution in [-0.4, -0.2) is 312 Å². The molecule has 0 fully saturated rings. The highest BCUT2D eigenvalue weighted by atomic mass is 32.2. The number of likely N-dealkylation sites (N-methyl/N-ethyl adjacent to an activating group) is 1. The lowest BCUT2D eigenvalue weighted by Crippen LogP contribution is -2.49. The molecular weight excluding hydrogens is 1650 g/mol. The Morgan fingerprint density at radius 2 is 0.642 bits per heavy atom. The third-order valence-corrected chi connectivity index (χ3v) is 18.4. The van der Waals surface area contributed by atoms with E-state index in [0.29, 0.717) is 12.1 Å². The summed E-state index contributed by atoms with van der Waals surface area (Å²) in [6.07, 6.45) is 7.01. The SMILES string of the molecule is CCC(=O)CN(CCNC(=O)CN(CCNC(=O)CN(CCNSNC(=O)CN(CCNC(=O)CN(CCNC(=O)CN(CC(=O)NC)C(=O)Cn1cnc2c(=O)[nH]c(N)nc21)C(=O)Cn1cnc2c(=O)[nH]c(N)nc21)C(=O)Cn1cnc2c(=O)[nH]c(N)nc21)C(=O)Cn1ccc(N)nc1=O)C(=O)Cn1ccc(N)nc1=O)C(=O)Cn1ccc(N)nc1=O. The van der Waals surface area contributed by atoms with Crippen molar-refractivity contribution in [2.45, 2.75) is 52.6 Å². The Balaban J connectivity index is 0.835. The van der Waals surface area contributed by atoms with E-state index in [-0.39, 0.29) is 114 Å². The van der Waals surface area contributed by atoms with Crippen molar-refractivity contribution < 1.29 is 62.3 Å². The molecule has 12 amide bonds. The van der Waals surface area contributed by atoms with Crippen LogP contribution in [0.25, 0.3) is 33.5 Å². The van der Waals surface area contributed by atoms with Crippen LogP contribution in [0.2, 0.25) is 0 Å². The average Bonchev–Trinajstić information content (AvgIpc) is 1.67. The summed E-state index contributed by atoms with van der Waals surface area (Å²) in [4.78, 5) is 301. The minimum Gasteiger partial charge on any atom is -0.383 e. The molecule has 0 radical (unpaired) electrons. The van der Waals surface area contributed by atoms with E-state index in [9.17, 15) is 91.1 Å². The number of carbonyl (C=O) groups excluding carboxylic acids is 13.